The van der Waals surface area contributed by atoms with Crippen LogP contribution in [0.15, 0.2) is 61.2 Å². The number of amides is 3. The Labute approximate surface area is 259 Å². The van der Waals surface area contributed by atoms with Gasteiger partial charge in [0, 0.05) is 24.3 Å². The molecule has 43 heavy (non-hydrogen) atoms. The molecule has 1 unspecified atom stereocenters. The molecular weight excluding hydrogens is 534 g/mol. The molecule has 1 heterocycles. The van der Waals surface area contributed by atoms with Crippen molar-refractivity contribution in [2.24, 2.45) is 0 Å². The Morgan fingerprint density at radius 2 is 1.28 bits per heavy atom. The minimum atomic E-state index is -0.416. The zero-order valence-electron chi connectivity index (χ0n) is 26.4. The number of piperidine rings is 1. The molecule has 2 aromatic rings. The molecule has 0 radical (unpaired) electrons. The molecule has 0 bridgehead atoms. The fourth-order valence-corrected chi connectivity index (χ4v) is 5.83. The van der Waals surface area contributed by atoms with Crippen LogP contribution in [0.5, 0.6) is 0 Å². The van der Waals surface area contributed by atoms with Gasteiger partial charge in [-0.1, -0.05) is 95.6 Å². The number of benzene rings is 2. The molecule has 234 valence electrons. The lowest BCUT2D eigenvalue weighted by molar-refractivity contribution is -0.140. The lowest BCUT2D eigenvalue weighted by Gasteiger charge is -2.35. The van der Waals surface area contributed by atoms with E-state index in [4.69, 9.17) is 0 Å². The van der Waals surface area contributed by atoms with Crippen molar-refractivity contribution in [2.45, 2.75) is 122 Å². The number of carbonyl (C=O) groups excluding carboxylic acids is 3. The van der Waals surface area contributed by atoms with Gasteiger partial charge in [-0.25, -0.2) is 0 Å². The summed E-state index contributed by atoms with van der Waals surface area (Å²) in [6, 6.07) is 15.4. The molecule has 3 amide bonds. The highest BCUT2D eigenvalue weighted by Crippen LogP contribution is 2.22. The Morgan fingerprint density at radius 3 is 1.86 bits per heavy atom. The van der Waals surface area contributed by atoms with Crippen LogP contribution in [0.3, 0.4) is 0 Å². The van der Waals surface area contributed by atoms with Gasteiger partial charge in [0.25, 0.3) is 0 Å². The van der Waals surface area contributed by atoms with Crippen molar-refractivity contribution in [3.8, 4) is 0 Å². The monoisotopic (exact) mass is 587 g/mol. The Balaban J connectivity index is 1.36. The number of nitrogens with one attached hydrogen (secondary N) is 2. The van der Waals surface area contributed by atoms with E-state index >= 15 is 0 Å². The number of nitrogens with zero attached hydrogens (tertiary/aromatic N) is 1. The number of hydrogen-bond donors (Lipinski definition) is 2. The van der Waals surface area contributed by atoms with Crippen molar-refractivity contribution in [3.63, 3.8) is 0 Å². The van der Waals surface area contributed by atoms with Crippen molar-refractivity contribution in [1.29, 1.82) is 0 Å². The van der Waals surface area contributed by atoms with Gasteiger partial charge in [-0.3, -0.25) is 14.4 Å². The van der Waals surface area contributed by atoms with E-state index in [0.717, 1.165) is 42.6 Å². The molecule has 2 N–H and O–H groups in total. The minimum Gasteiger partial charge on any atom is -0.331 e. The van der Waals surface area contributed by atoms with Crippen LogP contribution in [0.1, 0.15) is 114 Å². The molecule has 3 rings (SSSR count). The third kappa shape index (κ3) is 12.8. The molecular formula is C37H53N3O3. The SMILES string of the molecule is C=CC(=O)Nc1ccc(CCCC(=O)N2CCCCC2C(=O)Nc2ccc(CCCCCCCCCCCC)cc2)cc1. The summed E-state index contributed by atoms with van der Waals surface area (Å²) >= 11 is 0. The fourth-order valence-electron chi connectivity index (χ4n) is 5.83. The summed E-state index contributed by atoms with van der Waals surface area (Å²) in [7, 11) is 0. The average molecular weight is 588 g/mol. The van der Waals surface area contributed by atoms with Crippen LogP contribution in [0, 0.1) is 0 Å². The Hall–Kier alpha value is -3.41. The number of unbranched alkanes of at least 4 members (excludes halogenated alkanes) is 9. The van der Waals surface area contributed by atoms with Crippen molar-refractivity contribution >= 4 is 29.1 Å². The van der Waals surface area contributed by atoms with Gasteiger partial charge in [-0.2, -0.15) is 0 Å². The zero-order valence-corrected chi connectivity index (χ0v) is 26.4. The van der Waals surface area contributed by atoms with Crippen LogP contribution in [0.2, 0.25) is 0 Å². The number of aryl methyl sites for hydroxylation is 2. The molecule has 0 aromatic heterocycles. The normalized spacial score (nSPS) is 14.7. The largest absolute Gasteiger partial charge is 0.331 e. The lowest BCUT2D eigenvalue weighted by Crippen LogP contribution is -2.50. The Kier molecular flexibility index (Phi) is 15.6. The van der Waals surface area contributed by atoms with Gasteiger partial charge in [0.15, 0.2) is 0 Å². The highest BCUT2D eigenvalue weighted by Gasteiger charge is 2.31. The van der Waals surface area contributed by atoms with Gasteiger partial charge in [0.1, 0.15) is 6.04 Å². The van der Waals surface area contributed by atoms with E-state index in [0.29, 0.717) is 25.8 Å². The third-order valence-corrected chi connectivity index (χ3v) is 8.43. The number of hydrogen-bond acceptors (Lipinski definition) is 3. The topological polar surface area (TPSA) is 78.5 Å². The van der Waals surface area contributed by atoms with Gasteiger partial charge < -0.3 is 15.5 Å². The predicted octanol–water partition coefficient (Wildman–Crippen LogP) is 8.62. The first-order valence-corrected chi connectivity index (χ1v) is 16.7. The first-order valence-electron chi connectivity index (χ1n) is 16.7. The summed E-state index contributed by atoms with van der Waals surface area (Å²) in [4.78, 5) is 39.6. The van der Waals surface area contributed by atoms with Gasteiger partial charge in [-0.05, 0) is 86.4 Å². The van der Waals surface area contributed by atoms with E-state index in [-0.39, 0.29) is 17.7 Å². The maximum atomic E-state index is 13.2. The van der Waals surface area contributed by atoms with Crippen LogP contribution in [0.4, 0.5) is 11.4 Å². The predicted molar refractivity (Wildman–Crippen MR) is 178 cm³/mol. The van der Waals surface area contributed by atoms with Gasteiger partial charge in [0.2, 0.25) is 17.7 Å². The second-order valence-electron chi connectivity index (χ2n) is 12.0. The number of rotatable bonds is 19. The molecule has 0 aliphatic carbocycles. The van der Waals surface area contributed by atoms with E-state index in [1.54, 1.807) is 4.90 Å². The second kappa shape index (κ2) is 19.7. The molecule has 0 spiro atoms. The molecule has 6 heteroatoms. The molecule has 6 nitrogen and oxygen atoms in total. The maximum absolute atomic E-state index is 13.2. The molecule has 1 aliphatic rings. The highest BCUT2D eigenvalue weighted by atomic mass is 16.2. The average Bonchev–Trinajstić information content (AvgIpc) is 3.03. The van der Waals surface area contributed by atoms with Gasteiger partial charge in [-0.15, -0.1) is 0 Å². The van der Waals surface area contributed by atoms with Crippen molar-refractivity contribution in [1.82, 2.24) is 4.90 Å². The summed E-state index contributed by atoms with van der Waals surface area (Å²) in [5.74, 6) is -0.288. The first-order chi connectivity index (χ1) is 21.0. The number of carbonyl (C=O) groups is 3. The standard InChI is InChI=1S/C37H53N3O3/c1-3-5-6-7-8-9-10-11-12-13-17-30-23-27-33(28-24-30)39-37(43)34-19-14-15-29-40(34)36(42)20-16-18-31-21-25-32(26-22-31)38-35(41)4-2/h4,21-28,34H,2-3,5-20,29H2,1H3,(H,38,41)(H,39,43). The van der Waals surface area contributed by atoms with Gasteiger partial charge in [0.05, 0.1) is 0 Å². The van der Waals surface area contributed by atoms with Crippen molar-refractivity contribution in [3.05, 3.63) is 72.3 Å². The summed E-state index contributed by atoms with van der Waals surface area (Å²) < 4.78 is 0. The smallest absolute Gasteiger partial charge is 0.247 e. The first kappa shape index (κ1) is 34.1. The second-order valence-corrected chi connectivity index (χ2v) is 12.0. The molecule has 2 aromatic carbocycles. The maximum Gasteiger partial charge on any atom is 0.247 e. The van der Waals surface area contributed by atoms with E-state index in [9.17, 15) is 14.4 Å². The van der Waals surface area contributed by atoms with E-state index in [2.05, 4.69) is 36.3 Å². The molecule has 0 saturated carbocycles. The van der Waals surface area contributed by atoms with Crippen molar-refractivity contribution < 1.29 is 14.4 Å². The van der Waals surface area contributed by atoms with Gasteiger partial charge >= 0.3 is 0 Å². The van der Waals surface area contributed by atoms with E-state index < -0.39 is 6.04 Å². The summed E-state index contributed by atoms with van der Waals surface area (Å²) in [6.07, 6.45) is 20.2. The number of anilines is 2. The quantitative estimate of drug-likeness (QED) is 0.128. The fraction of sp³-hybridized carbons (Fsp3) is 0.541. The summed E-state index contributed by atoms with van der Waals surface area (Å²) in [5.41, 5.74) is 3.93. The van der Waals surface area contributed by atoms with E-state index in [1.165, 1.54) is 75.8 Å². The van der Waals surface area contributed by atoms with E-state index in [1.807, 2.05) is 36.4 Å². The third-order valence-electron chi connectivity index (χ3n) is 8.43. The molecule has 1 aliphatic heterocycles. The van der Waals surface area contributed by atoms with Crippen LogP contribution >= 0.6 is 0 Å². The van der Waals surface area contributed by atoms with Crippen LogP contribution in [-0.2, 0) is 27.2 Å². The van der Waals surface area contributed by atoms with Crippen molar-refractivity contribution in [2.75, 3.05) is 17.2 Å². The zero-order chi connectivity index (χ0) is 30.7. The molecule has 1 saturated heterocycles. The molecule has 1 fully saturated rings. The van der Waals surface area contributed by atoms with Crippen LogP contribution in [0.25, 0.3) is 0 Å². The lowest BCUT2D eigenvalue weighted by atomic mass is 9.99. The van der Waals surface area contributed by atoms with Crippen LogP contribution in [-0.4, -0.2) is 35.2 Å². The summed E-state index contributed by atoms with van der Waals surface area (Å²) in [5, 5.41) is 5.81. The highest BCUT2D eigenvalue weighted by molar-refractivity contribution is 5.99. The Morgan fingerprint density at radius 1 is 0.744 bits per heavy atom. The Bertz CT molecular complexity index is 1130. The summed E-state index contributed by atoms with van der Waals surface area (Å²) in [6.45, 7) is 6.36. The molecule has 1 atom stereocenters. The van der Waals surface area contributed by atoms with Crippen LogP contribution < -0.4 is 10.6 Å². The minimum absolute atomic E-state index is 0.0431. The number of likely N-dealkylation sites (tertiary alicyclic amines) is 1.